The van der Waals surface area contributed by atoms with Crippen LogP contribution in [0.1, 0.15) is 6.92 Å². The van der Waals surface area contributed by atoms with E-state index in [0.29, 0.717) is 13.2 Å². The van der Waals surface area contributed by atoms with E-state index in [1.54, 1.807) is 0 Å². The Morgan fingerprint density at radius 3 is 2.75 bits per heavy atom. The zero-order valence-electron chi connectivity index (χ0n) is 5.03. The highest BCUT2D eigenvalue weighted by Crippen LogP contribution is 1.67. The van der Waals surface area contributed by atoms with Gasteiger partial charge in [0.1, 0.15) is 6.61 Å². The van der Waals surface area contributed by atoms with E-state index < -0.39 is 0 Å². The van der Waals surface area contributed by atoms with Gasteiger partial charge in [0, 0.05) is 6.61 Å². The SMILES string of the molecule is CCOCC#CC[NH]. The third-order valence-corrected chi connectivity index (χ3v) is 0.592. The van der Waals surface area contributed by atoms with Crippen molar-refractivity contribution in [3.05, 3.63) is 0 Å². The average molecular weight is 112 g/mol. The molecular weight excluding hydrogens is 102 g/mol. The lowest BCUT2D eigenvalue weighted by Gasteiger charge is -1.87. The Kier molecular flexibility index (Phi) is 6.06. The molecule has 0 atom stereocenters. The Hall–Kier alpha value is -0.520. The standard InChI is InChI=1S/C6H10NO/c1-2-8-6-4-3-5-7/h7H,2,5-6H2,1H3. The first-order chi connectivity index (χ1) is 3.91. The highest BCUT2D eigenvalue weighted by atomic mass is 16.5. The Balaban J connectivity index is 2.90. The van der Waals surface area contributed by atoms with Crippen LogP contribution in [0.4, 0.5) is 0 Å². The highest BCUT2D eigenvalue weighted by molar-refractivity contribution is 4.99. The fraction of sp³-hybridized carbons (Fsp3) is 0.667. The maximum absolute atomic E-state index is 6.61. The van der Waals surface area contributed by atoms with Gasteiger partial charge < -0.3 is 4.74 Å². The highest BCUT2D eigenvalue weighted by Gasteiger charge is 1.70. The summed E-state index contributed by atoms with van der Waals surface area (Å²) in [5.74, 6) is 5.25. The fourth-order valence-electron chi connectivity index (χ4n) is 0.267. The predicted molar refractivity (Wildman–Crippen MR) is 32.2 cm³/mol. The van der Waals surface area contributed by atoms with E-state index in [0.717, 1.165) is 0 Å². The summed E-state index contributed by atoms with van der Waals surface area (Å²) in [6, 6.07) is 0. The van der Waals surface area contributed by atoms with Crippen molar-refractivity contribution in [2.45, 2.75) is 6.92 Å². The molecule has 0 aliphatic carbocycles. The quantitative estimate of drug-likeness (QED) is 0.374. The molecule has 1 radical (unpaired) electrons. The van der Waals surface area contributed by atoms with Crippen molar-refractivity contribution >= 4 is 0 Å². The Bertz CT molecular complexity index is 90.4. The van der Waals surface area contributed by atoms with Gasteiger partial charge in [-0.2, -0.15) is 0 Å². The summed E-state index contributed by atoms with van der Waals surface area (Å²) in [5.41, 5.74) is 6.61. The van der Waals surface area contributed by atoms with E-state index in [1.165, 1.54) is 0 Å². The molecule has 0 saturated carbocycles. The minimum atomic E-state index is 0.174. The smallest absolute Gasteiger partial charge is 0.107 e. The van der Waals surface area contributed by atoms with E-state index in [-0.39, 0.29) is 6.54 Å². The van der Waals surface area contributed by atoms with Crippen molar-refractivity contribution < 1.29 is 4.74 Å². The second-order valence-electron chi connectivity index (χ2n) is 1.17. The minimum absolute atomic E-state index is 0.174. The van der Waals surface area contributed by atoms with Crippen molar-refractivity contribution in [3.8, 4) is 11.8 Å². The van der Waals surface area contributed by atoms with Gasteiger partial charge in [0.25, 0.3) is 0 Å². The molecule has 0 aromatic heterocycles. The van der Waals surface area contributed by atoms with Crippen molar-refractivity contribution in [3.63, 3.8) is 0 Å². The van der Waals surface area contributed by atoms with Gasteiger partial charge in [-0.1, -0.05) is 11.8 Å². The molecule has 0 aliphatic heterocycles. The normalized spacial score (nSPS) is 7.75. The molecule has 0 aromatic carbocycles. The maximum atomic E-state index is 6.61. The van der Waals surface area contributed by atoms with Crippen LogP contribution < -0.4 is 5.73 Å². The second-order valence-corrected chi connectivity index (χ2v) is 1.17. The molecule has 0 heterocycles. The molecule has 2 heteroatoms. The molecule has 0 unspecified atom stereocenters. The Morgan fingerprint density at radius 2 is 2.25 bits per heavy atom. The molecule has 0 spiro atoms. The molecule has 0 saturated heterocycles. The van der Waals surface area contributed by atoms with Gasteiger partial charge in [0.15, 0.2) is 0 Å². The van der Waals surface area contributed by atoms with Crippen LogP contribution in [0.2, 0.25) is 0 Å². The van der Waals surface area contributed by atoms with Gasteiger partial charge >= 0.3 is 0 Å². The Labute approximate surface area is 50.0 Å². The third kappa shape index (κ3) is 5.48. The molecule has 1 N–H and O–H groups in total. The lowest BCUT2D eigenvalue weighted by molar-refractivity contribution is 0.182. The fourth-order valence-corrected chi connectivity index (χ4v) is 0.267. The summed E-state index contributed by atoms with van der Waals surface area (Å²) < 4.78 is 4.88. The number of nitrogens with one attached hydrogen (secondary N) is 1. The van der Waals surface area contributed by atoms with Gasteiger partial charge in [-0.05, 0) is 6.92 Å². The van der Waals surface area contributed by atoms with Gasteiger partial charge in [-0.15, -0.1) is 0 Å². The maximum Gasteiger partial charge on any atom is 0.107 e. The van der Waals surface area contributed by atoms with Crippen LogP contribution in [-0.2, 0) is 4.74 Å². The Morgan fingerprint density at radius 1 is 1.50 bits per heavy atom. The minimum Gasteiger partial charge on any atom is -0.369 e. The summed E-state index contributed by atoms with van der Waals surface area (Å²) in [6.45, 7) is 3.26. The van der Waals surface area contributed by atoms with E-state index in [1.807, 2.05) is 6.92 Å². The molecule has 0 amide bonds. The first kappa shape index (κ1) is 7.48. The van der Waals surface area contributed by atoms with Crippen LogP contribution in [0.25, 0.3) is 0 Å². The number of rotatable bonds is 2. The summed E-state index contributed by atoms with van der Waals surface area (Å²) in [5, 5.41) is 0. The molecule has 0 bridgehead atoms. The van der Waals surface area contributed by atoms with E-state index in [2.05, 4.69) is 11.8 Å². The summed E-state index contributed by atoms with van der Waals surface area (Å²) in [6.07, 6.45) is 0. The van der Waals surface area contributed by atoms with Crippen molar-refractivity contribution in [2.24, 2.45) is 0 Å². The summed E-state index contributed by atoms with van der Waals surface area (Å²) >= 11 is 0. The molecule has 0 aromatic rings. The van der Waals surface area contributed by atoms with E-state index >= 15 is 0 Å². The summed E-state index contributed by atoms with van der Waals surface area (Å²) in [7, 11) is 0. The molecule has 0 rings (SSSR count). The van der Waals surface area contributed by atoms with Crippen molar-refractivity contribution in [1.29, 1.82) is 0 Å². The van der Waals surface area contributed by atoms with E-state index in [4.69, 9.17) is 10.5 Å². The van der Waals surface area contributed by atoms with Crippen LogP contribution in [0.5, 0.6) is 0 Å². The van der Waals surface area contributed by atoms with Gasteiger partial charge in [0.2, 0.25) is 0 Å². The average Bonchev–Trinajstić information content (AvgIpc) is 1.81. The monoisotopic (exact) mass is 112 g/mol. The molecule has 45 valence electrons. The molecular formula is C6H10NO. The van der Waals surface area contributed by atoms with Crippen molar-refractivity contribution in [1.82, 2.24) is 5.73 Å². The van der Waals surface area contributed by atoms with Crippen LogP contribution >= 0.6 is 0 Å². The molecule has 8 heavy (non-hydrogen) atoms. The first-order valence-electron chi connectivity index (χ1n) is 2.60. The molecule has 0 fully saturated rings. The number of hydrogen-bond acceptors (Lipinski definition) is 1. The number of ether oxygens (including phenoxy) is 1. The number of hydrogen-bond donors (Lipinski definition) is 0. The first-order valence-corrected chi connectivity index (χ1v) is 2.60. The third-order valence-electron chi connectivity index (χ3n) is 0.592. The van der Waals surface area contributed by atoms with Crippen LogP contribution in [0.3, 0.4) is 0 Å². The van der Waals surface area contributed by atoms with Gasteiger partial charge in [-0.25, -0.2) is 5.73 Å². The van der Waals surface area contributed by atoms with Crippen LogP contribution in [0, 0.1) is 11.8 Å². The van der Waals surface area contributed by atoms with Crippen molar-refractivity contribution in [2.75, 3.05) is 19.8 Å². The lowest BCUT2D eigenvalue weighted by atomic mass is 10.6. The molecule has 2 nitrogen and oxygen atoms in total. The second kappa shape index (κ2) is 6.48. The largest absolute Gasteiger partial charge is 0.369 e. The van der Waals surface area contributed by atoms with Crippen LogP contribution in [-0.4, -0.2) is 19.8 Å². The predicted octanol–water partition coefficient (Wildman–Crippen LogP) is 0.309. The molecule has 0 aliphatic rings. The van der Waals surface area contributed by atoms with Gasteiger partial charge in [0.05, 0.1) is 6.54 Å². The lowest BCUT2D eigenvalue weighted by Crippen LogP contribution is -1.89. The van der Waals surface area contributed by atoms with Crippen LogP contribution in [0.15, 0.2) is 0 Å². The summed E-state index contributed by atoms with van der Waals surface area (Å²) in [4.78, 5) is 0. The van der Waals surface area contributed by atoms with Gasteiger partial charge in [-0.3, -0.25) is 0 Å². The zero-order chi connectivity index (χ0) is 6.24. The topological polar surface area (TPSA) is 33.0 Å². The van der Waals surface area contributed by atoms with E-state index in [9.17, 15) is 0 Å². The zero-order valence-corrected chi connectivity index (χ0v) is 5.03.